The molecule has 0 atom stereocenters. The predicted octanol–water partition coefficient (Wildman–Crippen LogP) is 1.06. The fourth-order valence-corrected chi connectivity index (χ4v) is 1.99. The minimum absolute atomic E-state index is 0.581. The molecule has 0 spiro atoms. The third-order valence-electron chi connectivity index (χ3n) is 2.65. The summed E-state index contributed by atoms with van der Waals surface area (Å²) in [7, 11) is 0. The summed E-state index contributed by atoms with van der Waals surface area (Å²) in [5, 5.41) is 12.3. The van der Waals surface area contributed by atoms with Gasteiger partial charge < -0.3 is 9.88 Å². The molecule has 0 aromatic carbocycles. The van der Waals surface area contributed by atoms with E-state index in [4.69, 9.17) is 5.26 Å². The first-order valence-electron chi connectivity index (χ1n) is 5.41. The highest BCUT2D eigenvalue weighted by molar-refractivity contribution is 5.30. The van der Waals surface area contributed by atoms with Gasteiger partial charge in [0.2, 0.25) is 0 Å². The van der Waals surface area contributed by atoms with Crippen molar-refractivity contribution in [3.63, 3.8) is 0 Å². The van der Waals surface area contributed by atoms with Crippen LogP contribution in [0.15, 0.2) is 0 Å². The lowest BCUT2D eigenvalue weighted by Crippen LogP contribution is -2.29. The largest absolute Gasteiger partial charge is 0.328 e. The van der Waals surface area contributed by atoms with Gasteiger partial charge in [-0.1, -0.05) is 13.8 Å². The molecule has 1 aromatic heterocycles. The number of nitriles is 1. The van der Waals surface area contributed by atoms with E-state index in [1.165, 1.54) is 0 Å². The molecule has 15 heavy (non-hydrogen) atoms. The van der Waals surface area contributed by atoms with Gasteiger partial charge >= 0.3 is 0 Å². The molecule has 0 saturated heterocycles. The summed E-state index contributed by atoms with van der Waals surface area (Å²) in [6.45, 7) is 7.03. The molecule has 2 heterocycles. The summed E-state index contributed by atoms with van der Waals surface area (Å²) in [6.07, 6.45) is 0.953. The Hall–Kier alpha value is -1.34. The zero-order valence-electron chi connectivity index (χ0n) is 9.25. The van der Waals surface area contributed by atoms with Gasteiger partial charge in [0.25, 0.3) is 0 Å². The quantitative estimate of drug-likeness (QED) is 0.783. The van der Waals surface area contributed by atoms with Crippen molar-refractivity contribution in [2.24, 2.45) is 5.92 Å². The van der Waals surface area contributed by atoms with Crippen LogP contribution in [0.2, 0.25) is 0 Å². The van der Waals surface area contributed by atoms with Crippen LogP contribution in [-0.4, -0.2) is 16.1 Å². The van der Waals surface area contributed by atoms with E-state index in [0.717, 1.165) is 37.6 Å². The Balaban J connectivity index is 2.39. The van der Waals surface area contributed by atoms with Crippen molar-refractivity contribution in [1.29, 1.82) is 5.26 Å². The van der Waals surface area contributed by atoms with Crippen molar-refractivity contribution in [2.45, 2.75) is 33.4 Å². The minimum atomic E-state index is 0.581. The lowest BCUT2D eigenvalue weighted by atomic mass is 10.1. The Morgan fingerprint density at radius 2 is 2.40 bits per heavy atom. The van der Waals surface area contributed by atoms with Crippen molar-refractivity contribution in [3.8, 4) is 6.07 Å². The maximum absolute atomic E-state index is 8.99. The number of imidazole rings is 1. The number of rotatable bonds is 2. The van der Waals surface area contributed by atoms with Crippen LogP contribution in [0.25, 0.3) is 0 Å². The Morgan fingerprint density at radius 3 is 3.07 bits per heavy atom. The van der Waals surface area contributed by atoms with E-state index >= 15 is 0 Å². The van der Waals surface area contributed by atoms with Gasteiger partial charge in [-0.2, -0.15) is 5.26 Å². The number of aromatic nitrogens is 2. The first-order valence-corrected chi connectivity index (χ1v) is 5.41. The second-order valence-electron chi connectivity index (χ2n) is 4.36. The van der Waals surface area contributed by atoms with Crippen LogP contribution < -0.4 is 5.32 Å². The molecule has 80 valence electrons. The third kappa shape index (κ3) is 1.88. The van der Waals surface area contributed by atoms with E-state index in [1.807, 2.05) is 0 Å². The van der Waals surface area contributed by atoms with Crippen molar-refractivity contribution >= 4 is 0 Å². The third-order valence-corrected chi connectivity index (χ3v) is 2.65. The first kappa shape index (κ1) is 10.2. The van der Waals surface area contributed by atoms with Crippen LogP contribution in [0.1, 0.15) is 31.1 Å². The zero-order valence-corrected chi connectivity index (χ0v) is 9.25. The lowest BCUT2D eigenvalue weighted by Gasteiger charge is -2.18. The van der Waals surface area contributed by atoms with Crippen molar-refractivity contribution < 1.29 is 0 Å². The van der Waals surface area contributed by atoms with Crippen molar-refractivity contribution in [2.75, 3.05) is 6.54 Å². The molecule has 4 heteroatoms. The van der Waals surface area contributed by atoms with E-state index in [0.29, 0.717) is 11.6 Å². The molecule has 1 N–H and O–H groups in total. The Labute approximate surface area is 89.9 Å². The highest BCUT2D eigenvalue weighted by atomic mass is 15.2. The summed E-state index contributed by atoms with van der Waals surface area (Å²) in [4.78, 5) is 4.41. The van der Waals surface area contributed by atoms with Gasteiger partial charge in [-0.25, -0.2) is 4.98 Å². The lowest BCUT2D eigenvalue weighted by molar-refractivity contribution is 0.486. The van der Waals surface area contributed by atoms with E-state index in [-0.39, 0.29) is 0 Å². The van der Waals surface area contributed by atoms with E-state index in [2.05, 4.69) is 34.8 Å². The molecule has 0 saturated carbocycles. The number of fused-ring (bicyclic) bond motifs is 1. The topological polar surface area (TPSA) is 53.6 Å². The smallest absolute Gasteiger partial charge is 0.163 e. The van der Waals surface area contributed by atoms with Crippen LogP contribution in [0.3, 0.4) is 0 Å². The van der Waals surface area contributed by atoms with Gasteiger partial charge in [0.15, 0.2) is 5.69 Å². The molecule has 2 rings (SSSR count). The molecule has 1 aromatic rings. The molecule has 0 amide bonds. The molecule has 0 bridgehead atoms. The molecule has 0 fully saturated rings. The zero-order chi connectivity index (χ0) is 10.8. The average Bonchev–Trinajstić information content (AvgIpc) is 2.56. The predicted molar refractivity (Wildman–Crippen MR) is 57.2 cm³/mol. The number of nitrogens with zero attached hydrogens (tertiary/aromatic N) is 3. The van der Waals surface area contributed by atoms with Gasteiger partial charge in [-0.3, -0.25) is 0 Å². The number of nitrogens with one attached hydrogen (secondary N) is 1. The highest BCUT2D eigenvalue weighted by Gasteiger charge is 2.19. The van der Waals surface area contributed by atoms with Crippen molar-refractivity contribution in [1.82, 2.24) is 14.9 Å². The fraction of sp³-hybridized carbons (Fsp3) is 0.636. The van der Waals surface area contributed by atoms with Crippen LogP contribution in [0, 0.1) is 17.2 Å². The van der Waals surface area contributed by atoms with Gasteiger partial charge in [0.05, 0.1) is 5.69 Å². The van der Waals surface area contributed by atoms with E-state index < -0.39 is 0 Å². The molecular weight excluding hydrogens is 188 g/mol. The minimum Gasteiger partial charge on any atom is -0.328 e. The Kier molecular flexibility index (Phi) is 2.74. The number of hydrogen-bond donors (Lipinski definition) is 1. The van der Waals surface area contributed by atoms with Gasteiger partial charge in [-0.15, -0.1) is 0 Å². The maximum Gasteiger partial charge on any atom is 0.163 e. The maximum atomic E-state index is 8.99. The molecule has 0 radical (unpaired) electrons. The second-order valence-corrected chi connectivity index (χ2v) is 4.36. The average molecular weight is 204 g/mol. The summed E-state index contributed by atoms with van der Waals surface area (Å²) in [6, 6.07) is 2.18. The number of hydrogen-bond acceptors (Lipinski definition) is 3. The second kappa shape index (κ2) is 4.03. The van der Waals surface area contributed by atoms with Crippen LogP contribution in [0.4, 0.5) is 0 Å². The SMILES string of the molecule is CC(C)Cc1nc(C#N)c2n1CCNC2. The van der Waals surface area contributed by atoms with Gasteiger partial charge in [-0.05, 0) is 5.92 Å². The van der Waals surface area contributed by atoms with Gasteiger partial charge in [0, 0.05) is 26.1 Å². The summed E-state index contributed by atoms with van der Waals surface area (Å²) < 4.78 is 2.20. The molecule has 0 aliphatic carbocycles. The molecule has 0 unspecified atom stereocenters. The van der Waals surface area contributed by atoms with Crippen LogP contribution in [0.5, 0.6) is 0 Å². The molecule has 1 aliphatic heterocycles. The Bertz CT molecular complexity index is 397. The standard InChI is InChI=1S/C11H16N4/c1-8(2)5-11-14-9(6-12)10-7-13-3-4-15(10)11/h8,13H,3-5,7H2,1-2H3. The summed E-state index contributed by atoms with van der Waals surface area (Å²) >= 11 is 0. The van der Waals surface area contributed by atoms with Crippen LogP contribution >= 0.6 is 0 Å². The summed E-state index contributed by atoms with van der Waals surface area (Å²) in [5.41, 5.74) is 1.65. The van der Waals surface area contributed by atoms with Crippen LogP contribution in [-0.2, 0) is 19.5 Å². The molecule has 4 nitrogen and oxygen atoms in total. The normalized spacial score (nSPS) is 15.1. The fourth-order valence-electron chi connectivity index (χ4n) is 1.99. The molecule has 1 aliphatic rings. The van der Waals surface area contributed by atoms with E-state index in [9.17, 15) is 0 Å². The summed E-state index contributed by atoms with van der Waals surface area (Å²) in [5.74, 6) is 1.65. The highest BCUT2D eigenvalue weighted by Crippen LogP contribution is 2.16. The van der Waals surface area contributed by atoms with Gasteiger partial charge in [0.1, 0.15) is 11.9 Å². The monoisotopic (exact) mass is 204 g/mol. The van der Waals surface area contributed by atoms with Crippen molar-refractivity contribution in [3.05, 3.63) is 17.2 Å². The molecular formula is C11H16N4. The first-order chi connectivity index (χ1) is 7.22. The Morgan fingerprint density at radius 1 is 1.60 bits per heavy atom. The van der Waals surface area contributed by atoms with E-state index in [1.54, 1.807) is 0 Å².